The Morgan fingerprint density at radius 1 is 1.37 bits per heavy atom. The van der Waals surface area contributed by atoms with Gasteiger partial charge in [-0.15, -0.1) is 0 Å². The van der Waals surface area contributed by atoms with Crippen LogP contribution in [0.5, 0.6) is 0 Å². The summed E-state index contributed by atoms with van der Waals surface area (Å²) < 4.78 is 1.85. The molecular formula is C14H26N4O. The van der Waals surface area contributed by atoms with Gasteiger partial charge in [-0.3, -0.25) is 4.68 Å². The minimum atomic E-state index is -0.0887. The monoisotopic (exact) mass is 266 g/mol. The van der Waals surface area contributed by atoms with E-state index >= 15 is 0 Å². The summed E-state index contributed by atoms with van der Waals surface area (Å²) in [4.78, 5) is 0. The molecule has 0 aromatic carbocycles. The summed E-state index contributed by atoms with van der Waals surface area (Å²) in [6.45, 7) is 3.05. The maximum Gasteiger partial charge on any atom is 0.147 e. The van der Waals surface area contributed by atoms with Crippen molar-refractivity contribution in [2.45, 2.75) is 51.6 Å². The highest BCUT2D eigenvalue weighted by atomic mass is 16.3. The van der Waals surface area contributed by atoms with Crippen LogP contribution in [0.15, 0.2) is 0 Å². The molecular weight excluding hydrogens is 240 g/mol. The molecule has 19 heavy (non-hydrogen) atoms. The van der Waals surface area contributed by atoms with Gasteiger partial charge in [0.25, 0.3) is 0 Å². The smallest absolute Gasteiger partial charge is 0.147 e. The molecule has 1 aromatic heterocycles. The lowest BCUT2D eigenvalue weighted by molar-refractivity contribution is 0.111. The average molecular weight is 266 g/mol. The fraction of sp³-hybridized carbons (Fsp3) is 0.786. The molecule has 0 aliphatic heterocycles. The Kier molecular flexibility index (Phi) is 4.69. The maximum atomic E-state index is 9.51. The zero-order chi connectivity index (χ0) is 13.8. The zero-order valence-corrected chi connectivity index (χ0v) is 12.0. The molecule has 1 aliphatic rings. The first-order valence-electron chi connectivity index (χ1n) is 7.35. The number of aryl methyl sites for hydroxylation is 2. The number of aromatic nitrogens is 2. The number of nitrogens with one attached hydrogen (secondary N) is 1. The van der Waals surface area contributed by atoms with Crippen LogP contribution in [0.4, 0.5) is 11.5 Å². The molecule has 0 spiro atoms. The van der Waals surface area contributed by atoms with Gasteiger partial charge < -0.3 is 16.2 Å². The molecule has 4 N–H and O–H groups in total. The second-order valence-electron chi connectivity index (χ2n) is 5.64. The first-order valence-corrected chi connectivity index (χ1v) is 7.35. The Balaban J connectivity index is 1.92. The van der Waals surface area contributed by atoms with E-state index in [9.17, 15) is 5.11 Å². The number of nitrogens with two attached hydrogens (primary N) is 1. The van der Waals surface area contributed by atoms with Crippen LogP contribution in [0.3, 0.4) is 0 Å². The lowest BCUT2D eigenvalue weighted by atomic mass is 9.87. The van der Waals surface area contributed by atoms with E-state index in [0.717, 1.165) is 62.3 Å². The number of hydrogen-bond acceptors (Lipinski definition) is 4. The highest BCUT2D eigenvalue weighted by Crippen LogP contribution is 2.27. The predicted octanol–water partition coefficient (Wildman–Crippen LogP) is 1.92. The fourth-order valence-corrected chi connectivity index (χ4v) is 2.82. The van der Waals surface area contributed by atoms with Crippen LogP contribution < -0.4 is 11.1 Å². The van der Waals surface area contributed by atoms with Crippen molar-refractivity contribution in [3.8, 4) is 0 Å². The normalized spacial score (nSPS) is 23.5. The van der Waals surface area contributed by atoms with Crippen LogP contribution >= 0.6 is 0 Å². The van der Waals surface area contributed by atoms with Crippen molar-refractivity contribution in [1.82, 2.24) is 9.78 Å². The molecule has 0 radical (unpaired) electrons. The van der Waals surface area contributed by atoms with Crippen molar-refractivity contribution in [2.24, 2.45) is 13.0 Å². The number of aliphatic hydroxyl groups excluding tert-OH is 1. The Morgan fingerprint density at radius 3 is 2.68 bits per heavy atom. The molecule has 5 heteroatoms. The van der Waals surface area contributed by atoms with Crippen molar-refractivity contribution in [3.05, 3.63) is 5.69 Å². The van der Waals surface area contributed by atoms with Crippen molar-refractivity contribution >= 4 is 11.5 Å². The van der Waals surface area contributed by atoms with Crippen LogP contribution in [0, 0.1) is 5.92 Å². The molecule has 1 fully saturated rings. The third kappa shape index (κ3) is 3.41. The molecule has 0 unspecified atom stereocenters. The van der Waals surface area contributed by atoms with Gasteiger partial charge in [-0.2, -0.15) is 5.10 Å². The van der Waals surface area contributed by atoms with Gasteiger partial charge in [-0.1, -0.05) is 13.3 Å². The molecule has 0 saturated heterocycles. The number of nitrogen functional groups attached to an aromatic ring is 1. The third-order valence-electron chi connectivity index (χ3n) is 4.02. The summed E-state index contributed by atoms with van der Waals surface area (Å²) in [5.41, 5.74) is 7.93. The maximum absolute atomic E-state index is 9.51. The van der Waals surface area contributed by atoms with E-state index in [2.05, 4.69) is 17.3 Å². The largest absolute Gasteiger partial charge is 0.394 e. The van der Waals surface area contributed by atoms with Gasteiger partial charge in [0.2, 0.25) is 0 Å². The van der Waals surface area contributed by atoms with E-state index in [0.29, 0.717) is 5.92 Å². The van der Waals surface area contributed by atoms with Crippen LogP contribution in [-0.4, -0.2) is 27.5 Å². The lowest BCUT2D eigenvalue weighted by Crippen LogP contribution is -2.24. The molecule has 0 atom stereocenters. The van der Waals surface area contributed by atoms with Crippen LogP contribution in [0.2, 0.25) is 0 Å². The van der Waals surface area contributed by atoms with Crippen molar-refractivity contribution in [3.63, 3.8) is 0 Å². The van der Waals surface area contributed by atoms with Gasteiger partial charge in [0, 0.05) is 13.6 Å². The molecule has 5 nitrogen and oxygen atoms in total. The van der Waals surface area contributed by atoms with Gasteiger partial charge in [-0.25, -0.2) is 0 Å². The summed E-state index contributed by atoms with van der Waals surface area (Å²) in [6, 6.07) is 0. The standard InChI is InChI=1S/C14H26N4O/c1-3-4-12-13(15)14(18(2)17-12)16-9-10-5-7-11(19)8-6-10/h10-11,16,19H,3-9,15H2,1-2H3. The van der Waals surface area contributed by atoms with Crippen LogP contribution in [0.1, 0.15) is 44.7 Å². The fourth-order valence-electron chi connectivity index (χ4n) is 2.82. The summed E-state index contributed by atoms with van der Waals surface area (Å²) in [5, 5.41) is 17.4. The number of hydrogen-bond donors (Lipinski definition) is 3. The Hall–Kier alpha value is -1.23. The Bertz CT molecular complexity index is 408. The number of aliphatic hydroxyl groups is 1. The van der Waals surface area contributed by atoms with Crippen molar-refractivity contribution in [2.75, 3.05) is 17.6 Å². The van der Waals surface area contributed by atoms with Crippen molar-refractivity contribution in [1.29, 1.82) is 0 Å². The summed E-state index contributed by atoms with van der Waals surface area (Å²) in [5.74, 6) is 1.57. The van der Waals surface area contributed by atoms with E-state index in [1.807, 2.05) is 11.7 Å². The first kappa shape index (κ1) is 14.2. The van der Waals surface area contributed by atoms with Gasteiger partial charge in [0.15, 0.2) is 0 Å². The second kappa shape index (κ2) is 6.28. The van der Waals surface area contributed by atoms with Crippen LogP contribution in [-0.2, 0) is 13.5 Å². The molecule has 1 aliphatic carbocycles. The molecule has 0 bridgehead atoms. The van der Waals surface area contributed by atoms with E-state index < -0.39 is 0 Å². The lowest BCUT2D eigenvalue weighted by Gasteiger charge is -2.25. The summed E-state index contributed by atoms with van der Waals surface area (Å²) >= 11 is 0. The minimum Gasteiger partial charge on any atom is -0.394 e. The first-order chi connectivity index (χ1) is 9.11. The molecule has 1 heterocycles. The zero-order valence-electron chi connectivity index (χ0n) is 12.0. The van der Waals surface area contributed by atoms with Gasteiger partial charge in [-0.05, 0) is 38.0 Å². The molecule has 1 saturated carbocycles. The average Bonchev–Trinajstić information content (AvgIpc) is 2.65. The van der Waals surface area contributed by atoms with E-state index in [4.69, 9.17) is 5.73 Å². The van der Waals surface area contributed by atoms with Gasteiger partial charge in [0.1, 0.15) is 5.82 Å². The second-order valence-corrected chi connectivity index (χ2v) is 5.64. The van der Waals surface area contributed by atoms with E-state index in [1.54, 1.807) is 0 Å². The van der Waals surface area contributed by atoms with Crippen molar-refractivity contribution < 1.29 is 5.11 Å². The Labute approximate surface area is 115 Å². The summed E-state index contributed by atoms with van der Waals surface area (Å²) in [6.07, 6.45) is 5.93. The number of anilines is 2. The Morgan fingerprint density at radius 2 is 2.05 bits per heavy atom. The predicted molar refractivity (Wildman–Crippen MR) is 78.1 cm³/mol. The minimum absolute atomic E-state index is 0.0887. The van der Waals surface area contributed by atoms with Gasteiger partial charge >= 0.3 is 0 Å². The van der Waals surface area contributed by atoms with E-state index in [1.165, 1.54) is 0 Å². The molecule has 1 aromatic rings. The SMILES string of the molecule is CCCc1nn(C)c(NCC2CCC(O)CC2)c1N. The van der Waals surface area contributed by atoms with Crippen LogP contribution in [0.25, 0.3) is 0 Å². The topological polar surface area (TPSA) is 76.1 Å². The quantitative estimate of drug-likeness (QED) is 0.761. The molecule has 2 rings (SSSR count). The molecule has 108 valence electrons. The highest BCUT2D eigenvalue weighted by molar-refractivity contribution is 5.65. The number of nitrogens with zero attached hydrogens (tertiary/aromatic N) is 2. The highest BCUT2D eigenvalue weighted by Gasteiger charge is 2.20. The molecule has 0 amide bonds. The summed E-state index contributed by atoms with van der Waals surface area (Å²) in [7, 11) is 1.93. The van der Waals surface area contributed by atoms with E-state index in [-0.39, 0.29) is 6.10 Å². The number of rotatable bonds is 5. The van der Waals surface area contributed by atoms with Gasteiger partial charge in [0.05, 0.1) is 17.5 Å². The third-order valence-corrected chi connectivity index (χ3v) is 4.02.